The van der Waals surface area contributed by atoms with E-state index in [0.717, 1.165) is 60.1 Å². The molecule has 3 aromatic carbocycles. The number of H-pyrrole nitrogens is 1. The number of aromatic amines is 1. The number of aromatic nitrogens is 1. The third-order valence-corrected chi connectivity index (χ3v) is 7.63. The van der Waals surface area contributed by atoms with Crippen LogP contribution < -0.4 is 5.73 Å². The summed E-state index contributed by atoms with van der Waals surface area (Å²) in [6.07, 6.45) is 4.26. The molecule has 1 fully saturated rings. The van der Waals surface area contributed by atoms with Crippen molar-refractivity contribution in [2.45, 2.75) is 31.2 Å². The van der Waals surface area contributed by atoms with Crippen molar-refractivity contribution >= 4 is 16.8 Å². The molecule has 7 heteroatoms. The average Bonchev–Trinajstić information content (AvgIpc) is 3.35. The fraction of sp³-hybridized carbons (Fsp3) is 0.323. The molecular formula is C31H34F2N4O. The van der Waals surface area contributed by atoms with Crippen LogP contribution in [-0.4, -0.2) is 59.5 Å². The van der Waals surface area contributed by atoms with Gasteiger partial charge in [-0.15, -0.1) is 0 Å². The Labute approximate surface area is 222 Å². The summed E-state index contributed by atoms with van der Waals surface area (Å²) in [5, 5.41) is 1.11. The number of hydrogen-bond donors (Lipinski definition) is 2. The summed E-state index contributed by atoms with van der Waals surface area (Å²) in [6.45, 7) is 3.86. The van der Waals surface area contributed by atoms with E-state index in [1.54, 1.807) is 0 Å². The molecule has 0 radical (unpaired) electrons. The molecule has 1 aliphatic rings. The second kappa shape index (κ2) is 11.9. The number of fused-ring (bicyclic) bond motifs is 1. The standard InChI is InChI=1S/C31H34F2N4O/c32-25-11-7-22(8-12-25)27(23-9-13-26(33)14-10-23)5-3-15-36-16-18-37(19-17-36)31(38)29(34)20-24-21-35-30-6-2-1-4-28(24)30/h1-2,4,6-14,21,27,29,35H,3,5,15-20,34H2. The molecule has 198 valence electrons. The molecule has 0 aliphatic carbocycles. The van der Waals surface area contributed by atoms with Crippen LogP contribution in [0.1, 0.15) is 35.4 Å². The van der Waals surface area contributed by atoms with Crippen LogP contribution in [0.15, 0.2) is 79.0 Å². The summed E-state index contributed by atoms with van der Waals surface area (Å²) in [4.78, 5) is 20.6. The van der Waals surface area contributed by atoms with Crippen LogP contribution in [0.4, 0.5) is 8.78 Å². The van der Waals surface area contributed by atoms with E-state index >= 15 is 0 Å². The quantitative estimate of drug-likeness (QED) is 0.326. The first kappa shape index (κ1) is 26.1. The SMILES string of the molecule is NC(Cc1c[nH]c2ccccc12)C(=O)N1CCN(CCCC(c2ccc(F)cc2)c2ccc(F)cc2)CC1. The second-order valence-corrected chi connectivity index (χ2v) is 10.1. The first-order chi connectivity index (χ1) is 18.5. The lowest BCUT2D eigenvalue weighted by atomic mass is 9.87. The van der Waals surface area contributed by atoms with Gasteiger partial charge in [0.1, 0.15) is 11.6 Å². The van der Waals surface area contributed by atoms with Crippen molar-refractivity contribution in [1.29, 1.82) is 0 Å². The predicted molar refractivity (Wildman–Crippen MR) is 147 cm³/mol. The van der Waals surface area contributed by atoms with Crippen LogP contribution in [-0.2, 0) is 11.2 Å². The third-order valence-electron chi connectivity index (χ3n) is 7.63. The highest BCUT2D eigenvalue weighted by atomic mass is 19.1. The number of benzene rings is 3. The van der Waals surface area contributed by atoms with Gasteiger partial charge in [0.25, 0.3) is 0 Å². The molecule has 1 amide bonds. The molecule has 1 atom stereocenters. The molecule has 1 aromatic heterocycles. The van der Waals surface area contributed by atoms with Crippen molar-refractivity contribution < 1.29 is 13.6 Å². The largest absolute Gasteiger partial charge is 0.361 e. The molecule has 0 bridgehead atoms. The van der Waals surface area contributed by atoms with E-state index in [4.69, 9.17) is 5.73 Å². The summed E-state index contributed by atoms with van der Waals surface area (Å²) >= 11 is 0. The zero-order chi connectivity index (χ0) is 26.5. The van der Waals surface area contributed by atoms with Gasteiger partial charge in [-0.1, -0.05) is 42.5 Å². The third kappa shape index (κ3) is 6.11. The Hall–Kier alpha value is -3.55. The van der Waals surface area contributed by atoms with Gasteiger partial charge in [-0.05, 0) is 72.8 Å². The molecular weight excluding hydrogens is 482 g/mol. The number of amides is 1. The first-order valence-electron chi connectivity index (χ1n) is 13.3. The Morgan fingerprint density at radius 3 is 2.11 bits per heavy atom. The molecule has 0 spiro atoms. The van der Waals surface area contributed by atoms with E-state index in [0.29, 0.717) is 19.5 Å². The number of hydrogen-bond acceptors (Lipinski definition) is 3. The minimum absolute atomic E-state index is 0.00242. The van der Waals surface area contributed by atoms with Gasteiger partial charge in [-0.3, -0.25) is 9.69 Å². The zero-order valence-electron chi connectivity index (χ0n) is 21.5. The summed E-state index contributed by atoms with van der Waals surface area (Å²) in [6, 6.07) is 20.6. The van der Waals surface area contributed by atoms with Crippen LogP contribution in [0.25, 0.3) is 10.9 Å². The number of carbonyl (C=O) groups excluding carboxylic acids is 1. The number of nitrogens with zero attached hydrogens (tertiary/aromatic N) is 2. The highest BCUT2D eigenvalue weighted by Crippen LogP contribution is 2.30. The van der Waals surface area contributed by atoms with Gasteiger partial charge < -0.3 is 15.6 Å². The van der Waals surface area contributed by atoms with Crippen LogP contribution in [0, 0.1) is 11.6 Å². The molecule has 4 aromatic rings. The number of halogens is 2. The lowest BCUT2D eigenvalue weighted by molar-refractivity contribution is -0.134. The van der Waals surface area contributed by atoms with Crippen LogP contribution in [0.2, 0.25) is 0 Å². The van der Waals surface area contributed by atoms with Gasteiger partial charge in [0.05, 0.1) is 6.04 Å². The molecule has 2 heterocycles. The normalized spacial score (nSPS) is 15.3. The van der Waals surface area contributed by atoms with Crippen LogP contribution >= 0.6 is 0 Å². The Morgan fingerprint density at radius 2 is 1.47 bits per heavy atom. The fourth-order valence-electron chi connectivity index (χ4n) is 5.49. The van der Waals surface area contributed by atoms with E-state index in [1.165, 1.54) is 24.3 Å². The minimum atomic E-state index is -0.562. The molecule has 5 nitrogen and oxygen atoms in total. The lowest BCUT2D eigenvalue weighted by Crippen LogP contribution is -2.53. The molecule has 5 rings (SSSR count). The van der Waals surface area contributed by atoms with Crippen molar-refractivity contribution in [3.8, 4) is 0 Å². The van der Waals surface area contributed by atoms with Gasteiger partial charge in [-0.25, -0.2) is 8.78 Å². The summed E-state index contributed by atoms with van der Waals surface area (Å²) < 4.78 is 27.0. The van der Waals surface area contributed by atoms with Gasteiger partial charge in [-0.2, -0.15) is 0 Å². The van der Waals surface area contributed by atoms with E-state index in [2.05, 4.69) is 9.88 Å². The lowest BCUT2D eigenvalue weighted by Gasteiger charge is -2.36. The summed E-state index contributed by atoms with van der Waals surface area (Å²) in [5.41, 5.74) is 10.5. The van der Waals surface area contributed by atoms with Gasteiger partial charge in [0.2, 0.25) is 5.91 Å². The Balaban J connectivity index is 1.12. The van der Waals surface area contributed by atoms with Crippen molar-refractivity contribution in [2.24, 2.45) is 5.73 Å². The number of nitrogens with two attached hydrogens (primary N) is 1. The number of piperazine rings is 1. The zero-order valence-corrected chi connectivity index (χ0v) is 21.5. The van der Waals surface area contributed by atoms with Crippen molar-refractivity contribution in [1.82, 2.24) is 14.8 Å². The predicted octanol–water partition coefficient (Wildman–Crippen LogP) is 5.07. The maximum absolute atomic E-state index is 13.5. The van der Waals surface area contributed by atoms with E-state index in [1.807, 2.05) is 59.6 Å². The maximum atomic E-state index is 13.5. The summed E-state index contributed by atoms with van der Waals surface area (Å²) in [7, 11) is 0. The summed E-state index contributed by atoms with van der Waals surface area (Å²) in [5.74, 6) is -0.454. The Kier molecular flexibility index (Phi) is 8.15. The Bertz CT molecular complexity index is 1300. The molecule has 1 saturated heterocycles. The number of rotatable bonds is 9. The van der Waals surface area contributed by atoms with Crippen LogP contribution in [0.5, 0.6) is 0 Å². The topological polar surface area (TPSA) is 65.4 Å². The van der Waals surface area contributed by atoms with Crippen LogP contribution in [0.3, 0.4) is 0 Å². The average molecular weight is 517 g/mol. The van der Waals surface area contributed by atoms with Crippen molar-refractivity contribution in [3.63, 3.8) is 0 Å². The van der Waals surface area contributed by atoms with Gasteiger partial charge >= 0.3 is 0 Å². The first-order valence-corrected chi connectivity index (χ1v) is 13.3. The maximum Gasteiger partial charge on any atom is 0.239 e. The second-order valence-electron chi connectivity index (χ2n) is 10.1. The fourth-order valence-corrected chi connectivity index (χ4v) is 5.49. The van der Waals surface area contributed by atoms with Crippen molar-refractivity contribution in [3.05, 3.63) is 107 Å². The molecule has 3 N–H and O–H groups in total. The number of carbonyl (C=O) groups is 1. The van der Waals surface area contributed by atoms with Gasteiger partial charge in [0, 0.05) is 49.2 Å². The highest BCUT2D eigenvalue weighted by Gasteiger charge is 2.26. The monoisotopic (exact) mass is 516 g/mol. The smallest absolute Gasteiger partial charge is 0.239 e. The molecule has 38 heavy (non-hydrogen) atoms. The Morgan fingerprint density at radius 1 is 0.868 bits per heavy atom. The minimum Gasteiger partial charge on any atom is -0.361 e. The van der Waals surface area contributed by atoms with E-state index in [-0.39, 0.29) is 23.5 Å². The van der Waals surface area contributed by atoms with E-state index in [9.17, 15) is 13.6 Å². The highest BCUT2D eigenvalue weighted by molar-refractivity contribution is 5.86. The number of para-hydroxylation sites is 1. The molecule has 1 unspecified atom stereocenters. The molecule has 0 saturated carbocycles. The van der Waals surface area contributed by atoms with Crippen molar-refractivity contribution in [2.75, 3.05) is 32.7 Å². The van der Waals surface area contributed by atoms with Gasteiger partial charge in [0.15, 0.2) is 0 Å². The van der Waals surface area contributed by atoms with E-state index < -0.39 is 6.04 Å². The molecule has 1 aliphatic heterocycles. The number of nitrogens with one attached hydrogen (secondary N) is 1.